The molecule has 1 atom stereocenters. The molecular formula is C13H23NO3S. The number of carboxylic acids is 1. The first-order valence-electron chi connectivity index (χ1n) is 6.70. The molecule has 1 fully saturated rings. The fraction of sp³-hybridized carbons (Fsp3) is 0.846. The Morgan fingerprint density at radius 3 is 2.44 bits per heavy atom. The van der Waals surface area contributed by atoms with Gasteiger partial charge in [-0.2, -0.15) is 0 Å². The lowest BCUT2D eigenvalue weighted by molar-refractivity contribution is -0.136. The van der Waals surface area contributed by atoms with Gasteiger partial charge >= 0.3 is 5.97 Å². The van der Waals surface area contributed by atoms with Gasteiger partial charge in [0.2, 0.25) is 5.91 Å². The Balaban J connectivity index is 2.43. The van der Waals surface area contributed by atoms with Gasteiger partial charge in [0.1, 0.15) is 0 Å². The first-order valence-corrected chi connectivity index (χ1v) is 7.75. The van der Waals surface area contributed by atoms with E-state index >= 15 is 0 Å². The molecule has 0 unspecified atom stereocenters. The summed E-state index contributed by atoms with van der Waals surface area (Å²) in [6.07, 6.45) is 5.87. The van der Waals surface area contributed by atoms with Gasteiger partial charge in [0.25, 0.3) is 0 Å². The highest BCUT2D eigenvalue weighted by Crippen LogP contribution is 2.23. The molecule has 1 aliphatic rings. The first-order chi connectivity index (χ1) is 8.56. The summed E-state index contributed by atoms with van der Waals surface area (Å²) in [5, 5.41) is 8.28. The number of carboxylic acid groups (broad SMARTS) is 1. The minimum atomic E-state index is -0.853. The van der Waals surface area contributed by atoms with Crippen LogP contribution >= 0.6 is 11.8 Å². The van der Waals surface area contributed by atoms with E-state index in [-0.39, 0.29) is 11.7 Å². The molecule has 1 rings (SSSR count). The predicted octanol–water partition coefficient (Wildman–Crippen LogP) is 2.37. The van der Waals surface area contributed by atoms with Crippen LogP contribution in [0, 0.1) is 0 Å². The maximum atomic E-state index is 12.1. The smallest absolute Gasteiger partial charge is 0.316 e. The molecule has 1 amide bonds. The Labute approximate surface area is 113 Å². The van der Waals surface area contributed by atoms with Crippen molar-refractivity contribution >= 4 is 23.6 Å². The van der Waals surface area contributed by atoms with Crippen molar-refractivity contribution in [2.24, 2.45) is 0 Å². The summed E-state index contributed by atoms with van der Waals surface area (Å²) in [7, 11) is 0. The van der Waals surface area contributed by atoms with E-state index in [2.05, 4.69) is 0 Å². The maximum Gasteiger partial charge on any atom is 0.316 e. The van der Waals surface area contributed by atoms with Gasteiger partial charge in [0.15, 0.2) is 0 Å². The van der Waals surface area contributed by atoms with Gasteiger partial charge in [-0.15, -0.1) is 11.8 Å². The second-order valence-electron chi connectivity index (χ2n) is 4.76. The number of aliphatic carboxylic acids is 1. The van der Waals surface area contributed by atoms with E-state index in [0.29, 0.717) is 6.04 Å². The molecular weight excluding hydrogens is 250 g/mol. The Kier molecular flexibility index (Phi) is 6.54. The van der Waals surface area contributed by atoms with Crippen LogP contribution in [-0.4, -0.2) is 45.5 Å². The molecule has 0 bridgehead atoms. The average Bonchev–Trinajstić information content (AvgIpc) is 2.38. The summed E-state index contributed by atoms with van der Waals surface area (Å²) < 4.78 is 0. The van der Waals surface area contributed by atoms with Crippen molar-refractivity contribution in [2.75, 3.05) is 12.3 Å². The molecule has 0 aromatic rings. The van der Waals surface area contributed by atoms with Gasteiger partial charge in [0, 0.05) is 12.6 Å². The van der Waals surface area contributed by atoms with Crippen molar-refractivity contribution in [3.63, 3.8) is 0 Å². The van der Waals surface area contributed by atoms with Crippen LogP contribution in [0.4, 0.5) is 0 Å². The van der Waals surface area contributed by atoms with E-state index in [9.17, 15) is 9.59 Å². The normalized spacial score (nSPS) is 18.3. The van der Waals surface area contributed by atoms with Crippen LogP contribution < -0.4 is 0 Å². The summed E-state index contributed by atoms with van der Waals surface area (Å²) >= 11 is 1.21. The van der Waals surface area contributed by atoms with Crippen molar-refractivity contribution < 1.29 is 14.7 Å². The van der Waals surface area contributed by atoms with E-state index in [0.717, 1.165) is 19.4 Å². The predicted molar refractivity (Wildman–Crippen MR) is 73.8 cm³/mol. The number of thioether (sulfide) groups is 1. The summed E-state index contributed by atoms with van der Waals surface area (Å²) in [6, 6.07) is 0.372. The Morgan fingerprint density at radius 1 is 1.33 bits per heavy atom. The monoisotopic (exact) mass is 273 g/mol. The lowest BCUT2D eigenvalue weighted by Gasteiger charge is -2.33. The molecule has 104 valence electrons. The molecule has 5 heteroatoms. The van der Waals surface area contributed by atoms with Crippen molar-refractivity contribution in [1.82, 2.24) is 4.90 Å². The van der Waals surface area contributed by atoms with Crippen molar-refractivity contribution in [3.05, 3.63) is 0 Å². The van der Waals surface area contributed by atoms with Gasteiger partial charge < -0.3 is 10.0 Å². The highest BCUT2D eigenvalue weighted by atomic mass is 32.2. The largest absolute Gasteiger partial charge is 0.480 e. The molecule has 1 N–H and O–H groups in total. The Bertz CT molecular complexity index is 290. The molecule has 0 aromatic heterocycles. The standard InChI is InChI=1S/C13H23NO3S/c1-3-14(11-7-5-4-6-8-11)12(15)9-18-10(2)13(16)17/h10-11H,3-9H2,1-2H3,(H,16,17)/t10-/m1/s1. The van der Waals surface area contributed by atoms with E-state index in [4.69, 9.17) is 5.11 Å². The van der Waals surface area contributed by atoms with Crippen LogP contribution in [0.25, 0.3) is 0 Å². The molecule has 4 nitrogen and oxygen atoms in total. The van der Waals surface area contributed by atoms with Crippen molar-refractivity contribution in [2.45, 2.75) is 57.2 Å². The van der Waals surface area contributed by atoms with Crippen LogP contribution in [0.5, 0.6) is 0 Å². The number of nitrogens with zero attached hydrogens (tertiary/aromatic N) is 1. The quantitative estimate of drug-likeness (QED) is 0.807. The Hall–Kier alpha value is -0.710. The minimum Gasteiger partial charge on any atom is -0.480 e. The SMILES string of the molecule is CCN(C(=O)CS[C@H](C)C(=O)O)C1CCCCC1. The first kappa shape index (κ1) is 15.3. The average molecular weight is 273 g/mol. The highest BCUT2D eigenvalue weighted by molar-refractivity contribution is 8.01. The van der Waals surface area contributed by atoms with Crippen LogP contribution in [0.1, 0.15) is 46.0 Å². The van der Waals surface area contributed by atoms with Gasteiger partial charge in [-0.05, 0) is 26.7 Å². The number of hydrogen-bond donors (Lipinski definition) is 1. The number of rotatable bonds is 6. The van der Waals surface area contributed by atoms with Crippen LogP contribution in [-0.2, 0) is 9.59 Å². The molecule has 1 aliphatic carbocycles. The third kappa shape index (κ3) is 4.52. The summed E-state index contributed by atoms with van der Waals surface area (Å²) in [5.41, 5.74) is 0. The fourth-order valence-corrected chi connectivity index (χ4v) is 3.08. The molecule has 18 heavy (non-hydrogen) atoms. The fourth-order valence-electron chi connectivity index (χ4n) is 2.38. The van der Waals surface area contributed by atoms with Crippen LogP contribution in [0.15, 0.2) is 0 Å². The van der Waals surface area contributed by atoms with Gasteiger partial charge in [0.05, 0.1) is 11.0 Å². The van der Waals surface area contributed by atoms with E-state index in [1.54, 1.807) is 6.92 Å². The highest BCUT2D eigenvalue weighted by Gasteiger charge is 2.24. The summed E-state index contributed by atoms with van der Waals surface area (Å²) in [4.78, 5) is 24.8. The number of carbonyl (C=O) groups is 2. The van der Waals surface area contributed by atoms with Gasteiger partial charge in [-0.25, -0.2) is 0 Å². The molecule has 1 saturated carbocycles. The van der Waals surface area contributed by atoms with Gasteiger partial charge in [-0.1, -0.05) is 19.3 Å². The van der Waals surface area contributed by atoms with E-state index < -0.39 is 11.2 Å². The number of amides is 1. The second kappa shape index (κ2) is 7.67. The molecule has 0 aliphatic heterocycles. The van der Waals surface area contributed by atoms with Crippen LogP contribution in [0.2, 0.25) is 0 Å². The zero-order valence-electron chi connectivity index (χ0n) is 11.2. The minimum absolute atomic E-state index is 0.0856. The number of hydrogen-bond acceptors (Lipinski definition) is 3. The Morgan fingerprint density at radius 2 is 1.94 bits per heavy atom. The molecule has 0 saturated heterocycles. The molecule has 0 aromatic carbocycles. The molecule has 0 heterocycles. The summed E-state index contributed by atoms with van der Waals surface area (Å²) in [5.74, 6) is -0.492. The third-order valence-corrected chi connectivity index (χ3v) is 4.60. The van der Waals surface area contributed by atoms with Crippen molar-refractivity contribution in [3.8, 4) is 0 Å². The van der Waals surface area contributed by atoms with Crippen molar-refractivity contribution in [1.29, 1.82) is 0 Å². The lowest BCUT2D eigenvalue weighted by atomic mass is 9.94. The van der Waals surface area contributed by atoms with E-state index in [1.165, 1.54) is 31.0 Å². The van der Waals surface area contributed by atoms with E-state index in [1.807, 2.05) is 11.8 Å². The number of carbonyl (C=O) groups excluding carboxylic acids is 1. The third-order valence-electron chi connectivity index (χ3n) is 3.48. The zero-order chi connectivity index (χ0) is 13.5. The molecule has 0 spiro atoms. The second-order valence-corrected chi connectivity index (χ2v) is 6.09. The zero-order valence-corrected chi connectivity index (χ0v) is 12.0. The van der Waals surface area contributed by atoms with Crippen LogP contribution in [0.3, 0.4) is 0 Å². The topological polar surface area (TPSA) is 57.6 Å². The lowest BCUT2D eigenvalue weighted by Crippen LogP contribution is -2.42. The summed E-state index contributed by atoms with van der Waals surface area (Å²) in [6.45, 7) is 4.35. The molecule has 0 radical (unpaired) electrons. The maximum absolute atomic E-state index is 12.1. The van der Waals surface area contributed by atoms with Gasteiger partial charge in [-0.3, -0.25) is 9.59 Å².